The molecule has 1 amide bonds. The first-order chi connectivity index (χ1) is 14.9. The lowest BCUT2D eigenvalue weighted by Gasteiger charge is -2.39. The van der Waals surface area contributed by atoms with E-state index in [1.165, 1.54) is 22.5 Å². The zero-order valence-electron chi connectivity index (χ0n) is 17.1. The number of carbonyl (C=O) groups is 1. The van der Waals surface area contributed by atoms with Gasteiger partial charge >= 0.3 is 0 Å². The Morgan fingerprint density at radius 3 is 2.32 bits per heavy atom. The molecule has 0 spiro atoms. The van der Waals surface area contributed by atoms with Crippen LogP contribution in [-0.2, 0) is 14.8 Å². The van der Waals surface area contributed by atoms with Gasteiger partial charge in [0.25, 0.3) is 0 Å². The van der Waals surface area contributed by atoms with Crippen LogP contribution in [0.3, 0.4) is 0 Å². The normalized spacial score (nSPS) is 20.6. The number of anilines is 1. The SMILES string of the molecule is O=C([C@@H]1CCCN(S(=O)(=O)c2ccc(Cl)cc2)C1)N1CCN(c2ccccc2F)CC1. The maximum absolute atomic E-state index is 14.0. The first-order valence-electron chi connectivity index (χ1n) is 10.4. The second-order valence-electron chi connectivity index (χ2n) is 7.92. The van der Waals surface area contributed by atoms with E-state index in [2.05, 4.69) is 0 Å². The molecule has 2 heterocycles. The topological polar surface area (TPSA) is 60.9 Å². The third-order valence-electron chi connectivity index (χ3n) is 5.97. The number of hydrogen-bond donors (Lipinski definition) is 0. The predicted octanol–water partition coefficient (Wildman–Crippen LogP) is 3.23. The lowest BCUT2D eigenvalue weighted by molar-refractivity contribution is -0.137. The lowest BCUT2D eigenvalue weighted by Crippen LogP contribution is -2.53. The Labute approximate surface area is 187 Å². The third-order valence-corrected chi connectivity index (χ3v) is 8.10. The number of carbonyl (C=O) groups excluding carboxylic acids is 1. The largest absolute Gasteiger partial charge is 0.366 e. The van der Waals surface area contributed by atoms with Crippen LogP contribution in [0.2, 0.25) is 5.02 Å². The van der Waals surface area contributed by atoms with Gasteiger partial charge in [-0.3, -0.25) is 4.79 Å². The van der Waals surface area contributed by atoms with E-state index < -0.39 is 10.0 Å². The van der Waals surface area contributed by atoms with Crippen molar-refractivity contribution in [2.75, 3.05) is 44.2 Å². The van der Waals surface area contributed by atoms with E-state index in [4.69, 9.17) is 11.6 Å². The number of hydrogen-bond acceptors (Lipinski definition) is 4. The number of amides is 1. The summed E-state index contributed by atoms with van der Waals surface area (Å²) in [5.74, 6) is -0.655. The van der Waals surface area contributed by atoms with Crippen LogP contribution in [0, 0.1) is 11.7 Å². The van der Waals surface area contributed by atoms with Crippen molar-refractivity contribution < 1.29 is 17.6 Å². The van der Waals surface area contributed by atoms with Crippen LogP contribution < -0.4 is 4.90 Å². The number of piperazine rings is 1. The van der Waals surface area contributed by atoms with Crippen LogP contribution in [0.1, 0.15) is 12.8 Å². The van der Waals surface area contributed by atoms with Gasteiger partial charge in [0.15, 0.2) is 0 Å². The van der Waals surface area contributed by atoms with Crippen LogP contribution in [0.5, 0.6) is 0 Å². The van der Waals surface area contributed by atoms with E-state index >= 15 is 0 Å². The van der Waals surface area contributed by atoms with E-state index in [-0.39, 0.29) is 29.1 Å². The molecule has 31 heavy (non-hydrogen) atoms. The molecule has 1 atom stereocenters. The van der Waals surface area contributed by atoms with Gasteiger partial charge in [0.1, 0.15) is 5.82 Å². The number of piperidine rings is 1. The lowest BCUT2D eigenvalue weighted by atomic mass is 9.97. The minimum absolute atomic E-state index is 0.0239. The zero-order chi connectivity index (χ0) is 22.0. The van der Waals surface area contributed by atoms with E-state index in [9.17, 15) is 17.6 Å². The molecule has 9 heteroatoms. The van der Waals surface area contributed by atoms with Gasteiger partial charge in [0.05, 0.1) is 16.5 Å². The summed E-state index contributed by atoms with van der Waals surface area (Å²) in [6.45, 7) is 2.66. The van der Waals surface area contributed by atoms with Gasteiger partial charge in [-0.05, 0) is 49.2 Å². The van der Waals surface area contributed by atoms with E-state index in [1.54, 1.807) is 35.2 Å². The summed E-state index contributed by atoms with van der Waals surface area (Å²) in [4.78, 5) is 17.0. The van der Waals surface area contributed by atoms with Gasteiger partial charge in [-0.1, -0.05) is 23.7 Å². The summed E-state index contributed by atoms with van der Waals surface area (Å²) in [5, 5.41) is 0.472. The Bertz CT molecular complexity index is 1040. The molecular formula is C22H25ClFN3O3S. The van der Waals surface area contributed by atoms with Crippen molar-refractivity contribution in [1.82, 2.24) is 9.21 Å². The average Bonchev–Trinajstić information content (AvgIpc) is 2.79. The molecule has 0 saturated carbocycles. The second-order valence-corrected chi connectivity index (χ2v) is 10.3. The monoisotopic (exact) mass is 465 g/mol. The maximum Gasteiger partial charge on any atom is 0.243 e. The number of halogens is 2. The highest BCUT2D eigenvalue weighted by atomic mass is 35.5. The summed E-state index contributed by atoms with van der Waals surface area (Å²) >= 11 is 5.87. The van der Waals surface area contributed by atoms with Crippen molar-refractivity contribution in [2.24, 2.45) is 5.92 Å². The van der Waals surface area contributed by atoms with Crippen molar-refractivity contribution >= 4 is 33.2 Å². The molecule has 0 radical (unpaired) electrons. The molecule has 2 fully saturated rings. The van der Waals surface area contributed by atoms with Crippen molar-refractivity contribution in [3.8, 4) is 0 Å². The molecule has 2 saturated heterocycles. The number of rotatable bonds is 4. The number of para-hydroxylation sites is 1. The molecule has 0 bridgehead atoms. The minimum atomic E-state index is -3.67. The Morgan fingerprint density at radius 1 is 0.968 bits per heavy atom. The standard InChI is InChI=1S/C22H25ClFN3O3S/c23-18-7-9-19(10-8-18)31(29,30)27-11-3-4-17(16-27)22(28)26-14-12-25(13-15-26)21-6-2-1-5-20(21)24/h1-2,5-10,17H,3-4,11-16H2/t17-/m1/s1. The Morgan fingerprint density at radius 2 is 1.65 bits per heavy atom. The molecule has 0 aliphatic carbocycles. The highest BCUT2D eigenvalue weighted by molar-refractivity contribution is 7.89. The first kappa shape index (κ1) is 22.0. The molecule has 4 rings (SSSR count). The molecule has 0 aromatic heterocycles. The summed E-state index contributed by atoms with van der Waals surface area (Å²) < 4.78 is 41.4. The summed E-state index contributed by atoms with van der Waals surface area (Å²) in [5.41, 5.74) is 0.549. The minimum Gasteiger partial charge on any atom is -0.366 e. The summed E-state index contributed by atoms with van der Waals surface area (Å²) in [7, 11) is -3.67. The Hall–Kier alpha value is -2.16. The fourth-order valence-electron chi connectivity index (χ4n) is 4.25. The van der Waals surface area contributed by atoms with Crippen LogP contribution in [0.25, 0.3) is 0 Å². The second kappa shape index (κ2) is 9.14. The smallest absolute Gasteiger partial charge is 0.243 e. The Kier molecular flexibility index (Phi) is 6.50. The molecule has 2 aromatic rings. The van der Waals surface area contributed by atoms with E-state index in [0.29, 0.717) is 56.3 Å². The molecule has 0 N–H and O–H groups in total. The van der Waals surface area contributed by atoms with Gasteiger partial charge in [0, 0.05) is 44.3 Å². The molecule has 2 aliphatic rings. The molecule has 2 aliphatic heterocycles. The van der Waals surface area contributed by atoms with Crippen molar-refractivity contribution in [2.45, 2.75) is 17.7 Å². The molecular weight excluding hydrogens is 441 g/mol. The molecule has 2 aromatic carbocycles. The fourth-order valence-corrected chi connectivity index (χ4v) is 5.90. The quantitative estimate of drug-likeness (QED) is 0.695. The van der Waals surface area contributed by atoms with E-state index in [0.717, 1.165) is 0 Å². The van der Waals surface area contributed by atoms with Gasteiger partial charge < -0.3 is 9.80 Å². The fraction of sp³-hybridized carbons (Fsp3) is 0.409. The summed E-state index contributed by atoms with van der Waals surface area (Å²) in [6.07, 6.45) is 1.30. The van der Waals surface area contributed by atoms with Gasteiger partial charge in [0.2, 0.25) is 15.9 Å². The third kappa shape index (κ3) is 4.71. The molecule has 6 nitrogen and oxygen atoms in total. The molecule has 166 valence electrons. The van der Waals surface area contributed by atoms with Gasteiger partial charge in [-0.25, -0.2) is 12.8 Å². The molecule has 0 unspecified atom stereocenters. The maximum atomic E-state index is 14.0. The van der Waals surface area contributed by atoms with E-state index in [1.807, 2.05) is 4.90 Å². The van der Waals surface area contributed by atoms with Gasteiger partial charge in [-0.15, -0.1) is 0 Å². The van der Waals surface area contributed by atoms with Crippen molar-refractivity contribution in [3.63, 3.8) is 0 Å². The highest BCUT2D eigenvalue weighted by Gasteiger charge is 2.36. The van der Waals surface area contributed by atoms with Crippen LogP contribution in [0.15, 0.2) is 53.4 Å². The van der Waals surface area contributed by atoms with Crippen molar-refractivity contribution in [3.05, 3.63) is 59.4 Å². The Balaban J connectivity index is 1.39. The van der Waals surface area contributed by atoms with Crippen LogP contribution in [0.4, 0.5) is 10.1 Å². The summed E-state index contributed by atoms with van der Waals surface area (Å²) in [6, 6.07) is 12.7. The van der Waals surface area contributed by atoms with Crippen LogP contribution >= 0.6 is 11.6 Å². The highest BCUT2D eigenvalue weighted by Crippen LogP contribution is 2.27. The zero-order valence-corrected chi connectivity index (χ0v) is 18.7. The van der Waals surface area contributed by atoms with Crippen molar-refractivity contribution in [1.29, 1.82) is 0 Å². The first-order valence-corrected chi connectivity index (χ1v) is 12.2. The number of nitrogens with zero attached hydrogens (tertiary/aromatic N) is 3. The number of benzene rings is 2. The average molecular weight is 466 g/mol. The predicted molar refractivity (Wildman–Crippen MR) is 118 cm³/mol. The van der Waals surface area contributed by atoms with Crippen LogP contribution in [-0.4, -0.2) is 62.8 Å². The van der Waals surface area contributed by atoms with Gasteiger partial charge in [-0.2, -0.15) is 4.31 Å². The number of sulfonamides is 1.